The Hall–Kier alpha value is -3.00. The van der Waals surface area contributed by atoms with E-state index in [1.54, 1.807) is 4.90 Å². The van der Waals surface area contributed by atoms with Crippen LogP contribution in [0.4, 0.5) is 0 Å². The van der Waals surface area contributed by atoms with Crippen LogP contribution in [0.1, 0.15) is 22.5 Å². The normalized spacial score (nSPS) is 19.4. The zero-order chi connectivity index (χ0) is 19.2. The van der Waals surface area contributed by atoms with Gasteiger partial charge in [-0.15, -0.1) is 0 Å². The molecule has 3 rings (SSSR count). The van der Waals surface area contributed by atoms with Crippen LogP contribution in [0, 0.1) is 6.92 Å². The number of β-amino-alcohol motifs (C(OH)–C–C–N with tert-alkyl or cyclic N) is 1. The fourth-order valence-corrected chi connectivity index (χ4v) is 2.86. The first-order chi connectivity index (χ1) is 13.0. The molecule has 1 aliphatic rings. The van der Waals surface area contributed by atoms with Gasteiger partial charge >= 0.3 is 0 Å². The molecular formula is C19H22N4O4. The molecule has 27 heavy (non-hydrogen) atoms. The number of aliphatic hydroxyl groups is 1. The predicted molar refractivity (Wildman–Crippen MR) is 97.2 cm³/mol. The number of aromatic nitrogens is 2. The lowest BCUT2D eigenvalue weighted by atomic mass is 10.0. The number of nitrogens with one attached hydrogen (secondary N) is 1. The lowest BCUT2D eigenvalue weighted by Crippen LogP contribution is -2.56. The number of amides is 2. The third-order valence-corrected chi connectivity index (χ3v) is 4.43. The van der Waals surface area contributed by atoms with Crippen LogP contribution in [-0.4, -0.2) is 63.6 Å². The summed E-state index contributed by atoms with van der Waals surface area (Å²) in [6.45, 7) is 2.45. The molecule has 2 N–H and O–H groups in total. The Labute approximate surface area is 157 Å². The summed E-state index contributed by atoms with van der Waals surface area (Å²) in [4.78, 5) is 33.8. The zero-order valence-electron chi connectivity index (χ0n) is 15.0. The van der Waals surface area contributed by atoms with E-state index in [0.29, 0.717) is 18.7 Å². The van der Waals surface area contributed by atoms with Crippen LogP contribution in [0.3, 0.4) is 0 Å². The summed E-state index contributed by atoms with van der Waals surface area (Å²) in [5, 5.41) is 13.1. The standard InChI is InChI=1S/C19H22N4O4/c1-13-2-4-14(5-3-13)27-12-18(25)23-9-6-15(17(24)11-23)22-19(26)16-10-20-7-8-21-16/h2-5,7-8,10,15,17,24H,6,9,11-12H2,1H3,(H,22,26)/t15-,17-/m1/s1. The largest absolute Gasteiger partial charge is 0.484 e. The minimum Gasteiger partial charge on any atom is -0.484 e. The van der Waals surface area contributed by atoms with Crippen molar-refractivity contribution in [1.29, 1.82) is 0 Å². The number of ether oxygens (including phenoxy) is 1. The number of rotatable bonds is 5. The monoisotopic (exact) mass is 370 g/mol. The Morgan fingerprint density at radius 2 is 2.07 bits per heavy atom. The average Bonchev–Trinajstić information content (AvgIpc) is 2.69. The van der Waals surface area contributed by atoms with Gasteiger partial charge in [0, 0.05) is 25.5 Å². The summed E-state index contributed by atoms with van der Waals surface area (Å²) in [5.74, 6) is 0.0311. The first kappa shape index (κ1) is 18.8. The van der Waals surface area contributed by atoms with Gasteiger partial charge in [0.25, 0.3) is 11.8 Å². The highest BCUT2D eigenvalue weighted by atomic mass is 16.5. The smallest absolute Gasteiger partial charge is 0.271 e. The molecule has 0 unspecified atom stereocenters. The second-order valence-electron chi connectivity index (χ2n) is 6.47. The molecule has 1 saturated heterocycles. The molecule has 2 amide bonds. The molecule has 1 aliphatic heterocycles. The van der Waals surface area contributed by atoms with Crippen LogP contribution < -0.4 is 10.1 Å². The van der Waals surface area contributed by atoms with Crippen molar-refractivity contribution < 1.29 is 19.4 Å². The number of likely N-dealkylation sites (tertiary alicyclic amines) is 1. The minimum absolute atomic E-state index is 0.0909. The summed E-state index contributed by atoms with van der Waals surface area (Å²) in [7, 11) is 0. The quantitative estimate of drug-likeness (QED) is 0.797. The molecule has 1 fully saturated rings. The van der Waals surface area contributed by atoms with Crippen molar-refractivity contribution in [3.05, 3.63) is 54.1 Å². The highest BCUT2D eigenvalue weighted by Gasteiger charge is 2.31. The predicted octanol–water partition coefficient (Wildman–Crippen LogP) is 0.556. The number of hydrogen-bond donors (Lipinski definition) is 2. The second-order valence-corrected chi connectivity index (χ2v) is 6.47. The number of carbonyl (C=O) groups excluding carboxylic acids is 2. The molecule has 2 atom stereocenters. The number of piperidine rings is 1. The van der Waals surface area contributed by atoms with E-state index in [1.165, 1.54) is 18.6 Å². The number of carbonyl (C=O) groups is 2. The maximum Gasteiger partial charge on any atom is 0.271 e. The van der Waals surface area contributed by atoms with Gasteiger partial charge in [-0.3, -0.25) is 14.6 Å². The molecule has 1 aromatic heterocycles. The van der Waals surface area contributed by atoms with E-state index in [0.717, 1.165) is 5.56 Å². The van der Waals surface area contributed by atoms with E-state index >= 15 is 0 Å². The highest BCUT2D eigenvalue weighted by Crippen LogP contribution is 2.14. The van der Waals surface area contributed by atoms with Crippen LogP contribution in [0.25, 0.3) is 0 Å². The lowest BCUT2D eigenvalue weighted by Gasteiger charge is -2.36. The van der Waals surface area contributed by atoms with Crippen molar-refractivity contribution in [2.24, 2.45) is 0 Å². The Morgan fingerprint density at radius 3 is 2.74 bits per heavy atom. The molecule has 0 saturated carbocycles. The van der Waals surface area contributed by atoms with Crippen molar-refractivity contribution in [2.45, 2.75) is 25.5 Å². The number of nitrogens with zero attached hydrogens (tertiary/aromatic N) is 3. The van der Waals surface area contributed by atoms with Crippen LogP contribution in [0.2, 0.25) is 0 Å². The van der Waals surface area contributed by atoms with Crippen LogP contribution in [-0.2, 0) is 4.79 Å². The Bertz CT molecular complexity index is 782. The van der Waals surface area contributed by atoms with Crippen molar-refractivity contribution in [1.82, 2.24) is 20.2 Å². The van der Waals surface area contributed by atoms with E-state index in [4.69, 9.17) is 4.74 Å². The van der Waals surface area contributed by atoms with Gasteiger partial charge in [0.15, 0.2) is 6.61 Å². The van der Waals surface area contributed by atoms with Gasteiger partial charge in [0.05, 0.1) is 18.3 Å². The van der Waals surface area contributed by atoms with Gasteiger partial charge in [0.1, 0.15) is 11.4 Å². The SMILES string of the molecule is Cc1ccc(OCC(=O)N2CC[C@@H](NC(=O)c3cnccn3)[C@H](O)C2)cc1. The molecule has 8 nitrogen and oxygen atoms in total. The molecule has 0 radical (unpaired) electrons. The third-order valence-electron chi connectivity index (χ3n) is 4.43. The highest BCUT2D eigenvalue weighted by molar-refractivity contribution is 5.92. The Kier molecular flexibility index (Phi) is 5.97. The average molecular weight is 370 g/mol. The molecule has 2 heterocycles. The summed E-state index contributed by atoms with van der Waals surface area (Å²) in [6.07, 6.45) is 3.86. The maximum absolute atomic E-state index is 12.3. The molecule has 0 spiro atoms. The summed E-state index contributed by atoms with van der Waals surface area (Å²) >= 11 is 0. The van der Waals surface area contributed by atoms with Gasteiger partial charge in [-0.25, -0.2) is 4.98 Å². The van der Waals surface area contributed by atoms with Crippen LogP contribution in [0.15, 0.2) is 42.9 Å². The molecule has 0 bridgehead atoms. The number of benzene rings is 1. The molecule has 0 aliphatic carbocycles. The first-order valence-corrected chi connectivity index (χ1v) is 8.75. The number of aliphatic hydroxyl groups excluding tert-OH is 1. The number of hydrogen-bond acceptors (Lipinski definition) is 6. The molecular weight excluding hydrogens is 348 g/mol. The molecule has 142 valence electrons. The first-order valence-electron chi connectivity index (χ1n) is 8.75. The summed E-state index contributed by atoms with van der Waals surface area (Å²) < 4.78 is 5.50. The third kappa shape index (κ3) is 5.01. The molecule has 8 heteroatoms. The maximum atomic E-state index is 12.3. The number of aryl methyl sites for hydroxylation is 1. The summed E-state index contributed by atoms with van der Waals surface area (Å²) in [5.41, 5.74) is 1.30. The lowest BCUT2D eigenvalue weighted by molar-refractivity contribution is -0.136. The van der Waals surface area contributed by atoms with Gasteiger partial charge in [0.2, 0.25) is 0 Å². The van der Waals surface area contributed by atoms with Crippen molar-refractivity contribution in [3.63, 3.8) is 0 Å². The van der Waals surface area contributed by atoms with Crippen molar-refractivity contribution in [3.8, 4) is 5.75 Å². The van der Waals surface area contributed by atoms with E-state index in [2.05, 4.69) is 15.3 Å². The van der Waals surface area contributed by atoms with Crippen molar-refractivity contribution >= 4 is 11.8 Å². The van der Waals surface area contributed by atoms with Gasteiger partial charge < -0.3 is 20.1 Å². The Balaban J connectivity index is 1.48. The van der Waals surface area contributed by atoms with E-state index < -0.39 is 18.1 Å². The molecule has 1 aromatic carbocycles. The van der Waals surface area contributed by atoms with E-state index in [1.807, 2.05) is 31.2 Å². The van der Waals surface area contributed by atoms with E-state index in [9.17, 15) is 14.7 Å². The fourth-order valence-electron chi connectivity index (χ4n) is 2.86. The summed E-state index contributed by atoms with van der Waals surface area (Å²) in [6, 6.07) is 7.00. The minimum atomic E-state index is -0.859. The van der Waals surface area contributed by atoms with Gasteiger partial charge in [-0.05, 0) is 25.5 Å². The van der Waals surface area contributed by atoms with Gasteiger partial charge in [-0.2, -0.15) is 0 Å². The van der Waals surface area contributed by atoms with Gasteiger partial charge in [-0.1, -0.05) is 17.7 Å². The second kappa shape index (κ2) is 8.59. The topological polar surface area (TPSA) is 105 Å². The zero-order valence-corrected chi connectivity index (χ0v) is 15.0. The molecule has 2 aromatic rings. The van der Waals surface area contributed by atoms with Crippen LogP contribution in [0.5, 0.6) is 5.75 Å². The Morgan fingerprint density at radius 1 is 1.30 bits per heavy atom. The fraction of sp³-hybridized carbons (Fsp3) is 0.368. The van der Waals surface area contributed by atoms with Crippen LogP contribution >= 0.6 is 0 Å². The van der Waals surface area contributed by atoms with E-state index in [-0.39, 0.29) is 24.8 Å². The van der Waals surface area contributed by atoms with Crippen molar-refractivity contribution in [2.75, 3.05) is 19.7 Å².